The van der Waals surface area contributed by atoms with E-state index in [1.54, 1.807) is 0 Å². The number of nitrogens with one attached hydrogen (secondary N) is 2. The van der Waals surface area contributed by atoms with Crippen LogP contribution in [0.4, 0.5) is 0 Å². The Morgan fingerprint density at radius 3 is 2.69 bits per heavy atom. The van der Waals surface area contributed by atoms with Gasteiger partial charge in [-0.25, -0.2) is 9.98 Å². The second-order valence-corrected chi connectivity index (χ2v) is 8.45. The third kappa shape index (κ3) is 6.41. The van der Waals surface area contributed by atoms with Crippen LogP contribution in [-0.4, -0.2) is 39.6 Å². The summed E-state index contributed by atoms with van der Waals surface area (Å²) in [5, 5.41) is 6.77. The van der Waals surface area contributed by atoms with Gasteiger partial charge in [0.1, 0.15) is 5.82 Å². The predicted molar refractivity (Wildman–Crippen MR) is 113 cm³/mol. The van der Waals surface area contributed by atoms with Crippen molar-refractivity contribution >= 4 is 17.7 Å². The summed E-state index contributed by atoms with van der Waals surface area (Å²) in [6, 6.07) is 8.60. The molecule has 0 aliphatic heterocycles. The van der Waals surface area contributed by atoms with E-state index in [-0.39, 0.29) is 4.75 Å². The van der Waals surface area contributed by atoms with E-state index in [9.17, 15) is 0 Å². The fourth-order valence-corrected chi connectivity index (χ4v) is 2.69. The number of benzene rings is 1. The minimum Gasteiger partial charge on any atom is -0.357 e. The molecule has 0 radical (unpaired) electrons. The molecule has 0 spiro atoms. The molecule has 0 saturated heterocycles. The molecule has 2 rings (SSSR count). The molecule has 6 heteroatoms. The lowest BCUT2D eigenvalue weighted by atomic mass is 10.1. The SMILES string of the molecule is CCNC(=NCc1cccc(Cn2ccnc2C)c1)NCC(C)(C)SC. The summed E-state index contributed by atoms with van der Waals surface area (Å²) in [4.78, 5) is 9.03. The maximum absolute atomic E-state index is 4.74. The van der Waals surface area contributed by atoms with Crippen LogP contribution in [0.2, 0.25) is 0 Å². The Bertz CT molecular complexity index is 720. The van der Waals surface area contributed by atoms with Gasteiger partial charge < -0.3 is 15.2 Å². The fourth-order valence-electron chi connectivity index (χ4n) is 2.47. The van der Waals surface area contributed by atoms with Crippen LogP contribution in [0.15, 0.2) is 41.7 Å². The highest BCUT2D eigenvalue weighted by Gasteiger charge is 2.16. The van der Waals surface area contributed by atoms with Crippen molar-refractivity contribution in [3.05, 3.63) is 53.6 Å². The lowest BCUT2D eigenvalue weighted by Gasteiger charge is -2.23. The van der Waals surface area contributed by atoms with Crippen molar-refractivity contribution in [1.82, 2.24) is 20.2 Å². The van der Waals surface area contributed by atoms with Crippen LogP contribution in [0.3, 0.4) is 0 Å². The van der Waals surface area contributed by atoms with Crippen LogP contribution in [0, 0.1) is 6.92 Å². The van der Waals surface area contributed by atoms with Gasteiger partial charge in [0.05, 0.1) is 6.54 Å². The molecule has 2 aromatic rings. The van der Waals surface area contributed by atoms with Gasteiger partial charge in [0.15, 0.2) is 5.96 Å². The molecule has 142 valence electrons. The van der Waals surface area contributed by atoms with E-state index in [0.717, 1.165) is 31.4 Å². The number of aromatic nitrogens is 2. The Hall–Kier alpha value is -1.95. The number of hydrogen-bond acceptors (Lipinski definition) is 3. The predicted octanol–water partition coefficient (Wildman–Crippen LogP) is 3.44. The number of hydrogen-bond donors (Lipinski definition) is 2. The quantitative estimate of drug-likeness (QED) is 0.550. The Kier molecular flexibility index (Phi) is 7.57. The van der Waals surface area contributed by atoms with Crippen LogP contribution in [0.1, 0.15) is 37.7 Å². The van der Waals surface area contributed by atoms with Crippen molar-refractivity contribution in [2.24, 2.45) is 4.99 Å². The van der Waals surface area contributed by atoms with E-state index in [0.29, 0.717) is 6.54 Å². The second kappa shape index (κ2) is 9.67. The maximum atomic E-state index is 4.74. The Morgan fingerprint density at radius 2 is 2.04 bits per heavy atom. The average molecular weight is 374 g/mol. The number of nitrogens with zero attached hydrogens (tertiary/aromatic N) is 3. The zero-order valence-electron chi connectivity index (χ0n) is 16.5. The van der Waals surface area contributed by atoms with Gasteiger partial charge in [-0.1, -0.05) is 24.3 Å². The van der Waals surface area contributed by atoms with E-state index in [2.05, 4.69) is 71.5 Å². The van der Waals surface area contributed by atoms with Gasteiger partial charge in [0, 0.05) is 36.8 Å². The molecule has 0 amide bonds. The van der Waals surface area contributed by atoms with Crippen molar-refractivity contribution < 1.29 is 0 Å². The van der Waals surface area contributed by atoms with Gasteiger partial charge in [-0.2, -0.15) is 11.8 Å². The number of aryl methyl sites for hydroxylation is 1. The largest absolute Gasteiger partial charge is 0.357 e. The molecule has 0 aliphatic carbocycles. The molecular weight excluding hydrogens is 342 g/mol. The minimum absolute atomic E-state index is 0.179. The molecule has 26 heavy (non-hydrogen) atoms. The Morgan fingerprint density at radius 1 is 1.27 bits per heavy atom. The summed E-state index contributed by atoms with van der Waals surface area (Å²) < 4.78 is 2.33. The summed E-state index contributed by atoms with van der Waals surface area (Å²) in [5.74, 6) is 1.90. The fraction of sp³-hybridized carbons (Fsp3) is 0.500. The number of guanidine groups is 1. The van der Waals surface area contributed by atoms with Gasteiger partial charge in [-0.05, 0) is 45.1 Å². The summed E-state index contributed by atoms with van der Waals surface area (Å²) in [7, 11) is 0. The molecule has 5 nitrogen and oxygen atoms in total. The highest BCUT2D eigenvalue weighted by Crippen LogP contribution is 2.19. The molecular formula is C20H31N5S. The molecule has 0 unspecified atom stereocenters. The molecule has 0 saturated carbocycles. The Labute approximate surface area is 161 Å². The molecule has 2 N–H and O–H groups in total. The number of aliphatic imine (C=N–C) groups is 1. The average Bonchev–Trinajstić information content (AvgIpc) is 3.02. The monoisotopic (exact) mass is 373 g/mol. The highest BCUT2D eigenvalue weighted by molar-refractivity contribution is 7.99. The Balaban J connectivity index is 2.02. The molecule has 1 heterocycles. The zero-order valence-corrected chi connectivity index (χ0v) is 17.4. The molecule has 1 aromatic heterocycles. The highest BCUT2D eigenvalue weighted by atomic mass is 32.2. The van der Waals surface area contributed by atoms with Crippen LogP contribution in [-0.2, 0) is 13.1 Å². The van der Waals surface area contributed by atoms with Crippen molar-refractivity contribution in [2.45, 2.75) is 45.5 Å². The summed E-state index contributed by atoms with van der Waals surface area (Å²) in [6.45, 7) is 11.8. The number of thioether (sulfide) groups is 1. The third-order valence-electron chi connectivity index (χ3n) is 4.27. The van der Waals surface area contributed by atoms with E-state index >= 15 is 0 Å². The minimum atomic E-state index is 0.179. The molecule has 0 fully saturated rings. The van der Waals surface area contributed by atoms with E-state index in [4.69, 9.17) is 4.99 Å². The first kappa shape index (κ1) is 20.4. The number of rotatable bonds is 8. The van der Waals surface area contributed by atoms with Crippen LogP contribution in [0.25, 0.3) is 0 Å². The molecule has 1 aromatic carbocycles. The lowest BCUT2D eigenvalue weighted by molar-refractivity contribution is 0.665. The summed E-state index contributed by atoms with van der Waals surface area (Å²) >= 11 is 1.85. The smallest absolute Gasteiger partial charge is 0.191 e. The van der Waals surface area contributed by atoms with Crippen molar-refractivity contribution in [3.8, 4) is 0 Å². The van der Waals surface area contributed by atoms with Gasteiger partial charge in [0.2, 0.25) is 0 Å². The van der Waals surface area contributed by atoms with Crippen LogP contribution < -0.4 is 10.6 Å². The molecule has 0 bridgehead atoms. The van der Waals surface area contributed by atoms with E-state index < -0.39 is 0 Å². The molecule has 0 atom stereocenters. The summed E-state index contributed by atoms with van der Waals surface area (Å²) in [5.41, 5.74) is 2.47. The molecule has 0 aliphatic rings. The first-order chi connectivity index (χ1) is 12.4. The van der Waals surface area contributed by atoms with Crippen molar-refractivity contribution in [2.75, 3.05) is 19.3 Å². The first-order valence-electron chi connectivity index (χ1n) is 9.06. The lowest BCUT2D eigenvalue weighted by Crippen LogP contribution is -2.43. The van der Waals surface area contributed by atoms with Crippen LogP contribution >= 0.6 is 11.8 Å². The van der Waals surface area contributed by atoms with Gasteiger partial charge in [-0.3, -0.25) is 0 Å². The zero-order chi connectivity index (χ0) is 19.0. The third-order valence-corrected chi connectivity index (χ3v) is 5.52. The number of imidazole rings is 1. The first-order valence-corrected chi connectivity index (χ1v) is 10.3. The topological polar surface area (TPSA) is 54.2 Å². The van der Waals surface area contributed by atoms with Crippen LogP contribution in [0.5, 0.6) is 0 Å². The van der Waals surface area contributed by atoms with Crippen molar-refractivity contribution in [3.63, 3.8) is 0 Å². The second-order valence-electron chi connectivity index (χ2n) is 6.93. The maximum Gasteiger partial charge on any atom is 0.191 e. The van der Waals surface area contributed by atoms with Crippen molar-refractivity contribution in [1.29, 1.82) is 0 Å². The van der Waals surface area contributed by atoms with Gasteiger partial charge in [-0.15, -0.1) is 0 Å². The normalized spacial score (nSPS) is 12.3. The van der Waals surface area contributed by atoms with Gasteiger partial charge in [0.25, 0.3) is 0 Å². The van der Waals surface area contributed by atoms with E-state index in [1.165, 1.54) is 11.1 Å². The van der Waals surface area contributed by atoms with Gasteiger partial charge >= 0.3 is 0 Å². The standard InChI is InChI=1S/C20H31N5S/c1-6-21-19(24-15-20(3,4)26-5)23-13-17-8-7-9-18(12-17)14-25-11-10-22-16(25)2/h7-12H,6,13-15H2,1-5H3,(H2,21,23,24). The van der Waals surface area contributed by atoms with E-state index in [1.807, 2.05) is 31.1 Å². The summed E-state index contributed by atoms with van der Waals surface area (Å²) in [6.07, 6.45) is 5.99.